The predicted molar refractivity (Wildman–Crippen MR) is 116 cm³/mol. The first-order chi connectivity index (χ1) is 14.4. The standard InChI is InChI=1S/C23H18FN3O2S/c1-14-7-12-20(25-13-14)27-22(29)18-5-3-4-6-19(18)26-23(27)30-15(2)21(28)16-8-10-17(24)11-9-16/h3-13,15H,1-2H3. The average molecular weight is 419 g/mol. The first kappa shape index (κ1) is 20.0. The maximum atomic E-state index is 13.2. The van der Waals surface area contributed by atoms with E-state index < -0.39 is 11.1 Å². The second-order valence-electron chi connectivity index (χ2n) is 6.88. The number of nitrogens with zero attached hydrogens (tertiary/aromatic N) is 3. The second kappa shape index (κ2) is 8.20. The van der Waals surface area contributed by atoms with Gasteiger partial charge in [-0.25, -0.2) is 18.9 Å². The first-order valence-electron chi connectivity index (χ1n) is 9.35. The number of Topliss-reactive ketones (excluding diaryl/α,β-unsaturated/α-hetero) is 1. The number of carbonyl (C=O) groups is 1. The Balaban J connectivity index is 1.79. The molecule has 0 aliphatic rings. The number of aryl methyl sites for hydroxylation is 1. The van der Waals surface area contributed by atoms with Crippen molar-refractivity contribution in [2.45, 2.75) is 24.3 Å². The topological polar surface area (TPSA) is 64.8 Å². The van der Waals surface area contributed by atoms with Crippen LogP contribution >= 0.6 is 11.8 Å². The van der Waals surface area contributed by atoms with Crippen molar-refractivity contribution in [1.82, 2.24) is 14.5 Å². The van der Waals surface area contributed by atoms with Gasteiger partial charge in [-0.3, -0.25) is 9.59 Å². The number of hydrogen-bond acceptors (Lipinski definition) is 5. The molecule has 0 N–H and O–H groups in total. The molecule has 0 aliphatic carbocycles. The van der Waals surface area contributed by atoms with Crippen LogP contribution in [0.3, 0.4) is 0 Å². The van der Waals surface area contributed by atoms with Gasteiger partial charge in [0.25, 0.3) is 5.56 Å². The average Bonchev–Trinajstić information content (AvgIpc) is 2.75. The summed E-state index contributed by atoms with van der Waals surface area (Å²) in [5, 5.41) is 0.306. The molecule has 0 saturated heterocycles. The zero-order valence-corrected chi connectivity index (χ0v) is 17.2. The first-order valence-corrected chi connectivity index (χ1v) is 10.2. The lowest BCUT2D eigenvalue weighted by molar-refractivity contribution is 0.0994. The van der Waals surface area contributed by atoms with Crippen LogP contribution < -0.4 is 5.56 Å². The number of halogens is 1. The minimum atomic E-state index is -0.541. The maximum absolute atomic E-state index is 13.2. The molecule has 30 heavy (non-hydrogen) atoms. The molecule has 150 valence electrons. The number of ketones is 1. The highest BCUT2D eigenvalue weighted by atomic mass is 32.2. The van der Waals surface area contributed by atoms with Crippen molar-refractivity contribution in [2.24, 2.45) is 0 Å². The highest BCUT2D eigenvalue weighted by Crippen LogP contribution is 2.26. The highest BCUT2D eigenvalue weighted by molar-refractivity contribution is 8.00. The Morgan fingerprint density at radius 1 is 1.07 bits per heavy atom. The van der Waals surface area contributed by atoms with Gasteiger partial charge in [0.1, 0.15) is 11.6 Å². The third-order valence-corrected chi connectivity index (χ3v) is 5.70. The van der Waals surface area contributed by atoms with E-state index in [0.717, 1.165) is 5.56 Å². The van der Waals surface area contributed by atoms with Crippen LogP contribution in [0.4, 0.5) is 4.39 Å². The molecule has 0 amide bonds. The summed E-state index contributed by atoms with van der Waals surface area (Å²) in [5.41, 5.74) is 1.67. The van der Waals surface area contributed by atoms with Gasteiger partial charge >= 0.3 is 0 Å². The molecule has 2 aromatic heterocycles. The zero-order valence-electron chi connectivity index (χ0n) is 16.4. The Bertz CT molecular complexity index is 1280. The van der Waals surface area contributed by atoms with Crippen LogP contribution in [0.5, 0.6) is 0 Å². The molecule has 5 nitrogen and oxygen atoms in total. The lowest BCUT2D eigenvalue weighted by atomic mass is 10.1. The summed E-state index contributed by atoms with van der Waals surface area (Å²) in [6.45, 7) is 3.65. The Kier molecular flexibility index (Phi) is 5.46. The van der Waals surface area contributed by atoms with E-state index in [-0.39, 0.29) is 11.3 Å². The molecule has 0 spiro atoms. The van der Waals surface area contributed by atoms with E-state index >= 15 is 0 Å². The van der Waals surface area contributed by atoms with Gasteiger partial charge in [0.15, 0.2) is 10.9 Å². The lowest BCUT2D eigenvalue weighted by Crippen LogP contribution is -2.24. The summed E-state index contributed by atoms with van der Waals surface area (Å²) in [6, 6.07) is 16.1. The van der Waals surface area contributed by atoms with Crippen LogP contribution in [-0.4, -0.2) is 25.6 Å². The summed E-state index contributed by atoms with van der Waals surface area (Å²) in [6.07, 6.45) is 1.68. The van der Waals surface area contributed by atoms with Crippen LogP contribution in [0.1, 0.15) is 22.8 Å². The number of rotatable bonds is 5. The van der Waals surface area contributed by atoms with E-state index in [0.29, 0.717) is 27.4 Å². The van der Waals surface area contributed by atoms with Crippen LogP contribution in [0.2, 0.25) is 0 Å². The monoisotopic (exact) mass is 419 g/mol. The Hall–Kier alpha value is -3.32. The molecule has 0 radical (unpaired) electrons. The molecule has 0 fully saturated rings. The number of para-hydroxylation sites is 1. The SMILES string of the molecule is Cc1ccc(-n2c(SC(C)C(=O)c3ccc(F)cc3)nc3ccccc3c2=O)nc1. The fraction of sp³-hybridized carbons (Fsp3) is 0.130. The minimum Gasteiger partial charge on any atom is -0.293 e. The number of carbonyl (C=O) groups excluding carboxylic acids is 1. The van der Waals surface area contributed by atoms with E-state index in [9.17, 15) is 14.0 Å². The fourth-order valence-corrected chi connectivity index (χ4v) is 4.04. The van der Waals surface area contributed by atoms with Gasteiger partial charge in [0.2, 0.25) is 0 Å². The van der Waals surface area contributed by atoms with Gasteiger partial charge in [-0.1, -0.05) is 30.0 Å². The molecular formula is C23H18FN3O2S. The molecule has 2 heterocycles. The Morgan fingerprint density at radius 3 is 2.50 bits per heavy atom. The molecule has 0 aliphatic heterocycles. The smallest absolute Gasteiger partial charge is 0.267 e. The normalized spacial score (nSPS) is 12.1. The van der Waals surface area contributed by atoms with E-state index in [1.54, 1.807) is 37.4 Å². The number of pyridine rings is 1. The number of hydrogen-bond donors (Lipinski definition) is 0. The van der Waals surface area contributed by atoms with E-state index in [1.165, 1.54) is 40.6 Å². The second-order valence-corrected chi connectivity index (χ2v) is 8.19. The van der Waals surface area contributed by atoms with Gasteiger partial charge in [0, 0.05) is 11.8 Å². The summed E-state index contributed by atoms with van der Waals surface area (Å²) >= 11 is 1.17. The molecule has 0 bridgehead atoms. The molecule has 4 rings (SSSR count). The summed E-state index contributed by atoms with van der Waals surface area (Å²) in [5.74, 6) is -0.138. The molecule has 0 saturated carbocycles. The van der Waals surface area contributed by atoms with Gasteiger partial charge in [-0.15, -0.1) is 0 Å². The Labute approximate surface area is 176 Å². The van der Waals surface area contributed by atoms with E-state index in [2.05, 4.69) is 9.97 Å². The number of thioether (sulfide) groups is 1. The van der Waals surface area contributed by atoms with Gasteiger partial charge in [-0.05, 0) is 61.9 Å². The summed E-state index contributed by atoms with van der Waals surface area (Å²) in [7, 11) is 0. The van der Waals surface area contributed by atoms with Gasteiger partial charge in [0.05, 0.1) is 16.2 Å². The minimum absolute atomic E-state index is 0.175. The molecule has 2 aromatic carbocycles. The number of benzene rings is 2. The fourth-order valence-electron chi connectivity index (χ4n) is 3.05. The van der Waals surface area contributed by atoms with E-state index in [4.69, 9.17) is 0 Å². The van der Waals surface area contributed by atoms with Crippen LogP contribution in [0.25, 0.3) is 16.7 Å². The van der Waals surface area contributed by atoms with Crippen molar-refractivity contribution < 1.29 is 9.18 Å². The van der Waals surface area contributed by atoms with Crippen molar-refractivity contribution in [3.8, 4) is 5.82 Å². The quantitative estimate of drug-likeness (QED) is 0.269. The highest BCUT2D eigenvalue weighted by Gasteiger charge is 2.21. The summed E-state index contributed by atoms with van der Waals surface area (Å²) in [4.78, 5) is 35.1. The predicted octanol–water partition coefficient (Wildman–Crippen LogP) is 4.59. The van der Waals surface area contributed by atoms with Crippen molar-refractivity contribution in [2.75, 3.05) is 0 Å². The Morgan fingerprint density at radius 2 is 1.80 bits per heavy atom. The van der Waals surface area contributed by atoms with Gasteiger partial charge < -0.3 is 0 Å². The van der Waals surface area contributed by atoms with Crippen LogP contribution in [0, 0.1) is 12.7 Å². The summed E-state index contributed by atoms with van der Waals surface area (Å²) < 4.78 is 14.6. The lowest BCUT2D eigenvalue weighted by Gasteiger charge is -2.15. The molecule has 7 heteroatoms. The molecular weight excluding hydrogens is 401 g/mol. The third kappa shape index (κ3) is 3.89. The van der Waals surface area contributed by atoms with Crippen molar-refractivity contribution in [3.05, 3.63) is 94.2 Å². The molecule has 1 atom stereocenters. The number of fused-ring (bicyclic) bond motifs is 1. The van der Waals surface area contributed by atoms with Crippen molar-refractivity contribution in [3.63, 3.8) is 0 Å². The number of aromatic nitrogens is 3. The van der Waals surface area contributed by atoms with Crippen LogP contribution in [0.15, 0.2) is 76.8 Å². The molecule has 4 aromatic rings. The zero-order chi connectivity index (χ0) is 21.3. The van der Waals surface area contributed by atoms with Crippen LogP contribution in [-0.2, 0) is 0 Å². The largest absolute Gasteiger partial charge is 0.293 e. The van der Waals surface area contributed by atoms with Gasteiger partial charge in [-0.2, -0.15) is 0 Å². The van der Waals surface area contributed by atoms with E-state index in [1.807, 2.05) is 19.1 Å². The molecule has 1 unspecified atom stereocenters. The van der Waals surface area contributed by atoms with Crippen molar-refractivity contribution >= 4 is 28.4 Å². The maximum Gasteiger partial charge on any atom is 0.267 e. The third-order valence-electron chi connectivity index (χ3n) is 4.65. The van der Waals surface area contributed by atoms with Crippen molar-refractivity contribution in [1.29, 1.82) is 0 Å².